The van der Waals surface area contributed by atoms with Crippen LogP contribution in [0.15, 0.2) is 36.0 Å². The molecule has 10 heteroatoms. The Labute approximate surface area is 160 Å². The molecular weight excluding hydrogens is 377 g/mol. The maximum atomic E-state index is 13.0. The molecule has 0 atom stereocenters. The van der Waals surface area contributed by atoms with Crippen LogP contribution < -0.4 is 11.1 Å². The summed E-state index contributed by atoms with van der Waals surface area (Å²) in [5, 5.41) is 11.3. The molecule has 0 unspecified atom stereocenters. The van der Waals surface area contributed by atoms with Crippen LogP contribution in [0.4, 0.5) is 23.7 Å². The number of ether oxygens (including phenoxy) is 1. The fraction of sp³-hybridized carbons (Fsp3) is 0.389. The molecule has 2 amide bonds. The molecule has 7 nitrogen and oxygen atoms in total. The van der Waals surface area contributed by atoms with E-state index >= 15 is 0 Å². The van der Waals surface area contributed by atoms with Crippen molar-refractivity contribution in [3.63, 3.8) is 0 Å². The average molecular weight is 398 g/mol. The molecule has 0 fully saturated rings. The predicted octanol–water partition coefficient (Wildman–Crippen LogP) is 3.25. The topological polar surface area (TPSA) is 108 Å². The summed E-state index contributed by atoms with van der Waals surface area (Å²) in [6.07, 6.45) is -4.65. The smallest absolute Gasteiger partial charge is 0.418 e. The number of nitrogens with one attached hydrogen (secondary N) is 1. The first-order valence-electron chi connectivity index (χ1n) is 8.18. The normalized spacial score (nSPS) is 12.1. The number of nitrogens with two attached hydrogens (primary N) is 1. The van der Waals surface area contributed by atoms with Gasteiger partial charge in [-0.3, -0.25) is 9.69 Å². The summed E-state index contributed by atoms with van der Waals surface area (Å²) in [7, 11) is 0. The summed E-state index contributed by atoms with van der Waals surface area (Å²) in [6, 6.07) is 5.90. The number of amides is 2. The van der Waals surface area contributed by atoms with Gasteiger partial charge in [0.2, 0.25) is 0 Å². The molecule has 1 rings (SSSR count). The van der Waals surface area contributed by atoms with Crippen LogP contribution in [0.5, 0.6) is 0 Å². The first-order chi connectivity index (χ1) is 12.9. The van der Waals surface area contributed by atoms with E-state index in [2.05, 4.69) is 0 Å². The summed E-state index contributed by atoms with van der Waals surface area (Å²) in [5.74, 6) is -1.11. The van der Waals surface area contributed by atoms with E-state index in [1.54, 1.807) is 26.8 Å². The Morgan fingerprint density at radius 2 is 1.89 bits per heavy atom. The molecule has 0 bridgehead atoms. The first-order valence-corrected chi connectivity index (χ1v) is 8.18. The summed E-state index contributed by atoms with van der Waals surface area (Å²) in [6.45, 7) is 4.82. The van der Waals surface area contributed by atoms with E-state index in [0.29, 0.717) is 0 Å². The highest BCUT2D eigenvalue weighted by atomic mass is 19.4. The number of rotatable bonds is 5. The van der Waals surface area contributed by atoms with Crippen molar-refractivity contribution >= 4 is 17.7 Å². The van der Waals surface area contributed by atoms with Gasteiger partial charge in [-0.1, -0.05) is 12.1 Å². The number of carbonyl (C=O) groups is 2. The number of carbonyl (C=O) groups excluding carboxylic acids is 2. The molecule has 0 aromatic heterocycles. The second-order valence-corrected chi connectivity index (χ2v) is 6.61. The molecule has 0 aliphatic rings. The molecule has 1 aromatic carbocycles. The lowest BCUT2D eigenvalue weighted by atomic mass is 10.1. The Morgan fingerprint density at radius 1 is 1.29 bits per heavy atom. The van der Waals surface area contributed by atoms with Crippen molar-refractivity contribution in [1.29, 1.82) is 5.26 Å². The van der Waals surface area contributed by atoms with Gasteiger partial charge in [0, 0.05) is 19.3 Å². The molecule has 0 radical (unpaired) electrons. The Kier molecular flexibility index (Phi) is 7.58. The number of nitriles is 1. The number of benzene rings is 1. The van der Waals surface area contributed by atoms with Crippen LogP contribution in [0.1, 0.15) is 26.3 Å². The molecule has 0 spiro atoms. The fourth-order valence-corrected chi connectivity index (χ4v) is 1.99. The van der Waals surface area contributed by atoms with Gasteiger partial charge in [-0.05, 0) is 32.9 Å². The van der Waals surface area contributed by atoms with Crippen LogP contribution in [0.25, 0.3) is 0 Å². The minimum atomic E-state index is -4.69. The largest absolute Gasteiger partial charge is 0.443 e. The summed E-state index contributed by atoms with van der Waals surface area (Å²) in [4.78, 5) is 25.4. The molecule has 0 heterocycles. The van der Waals surface area contributed by atoms with Crippen LogP contribution in [0, 0.1) is 11.3 Å². The third kappa shape index (κ3) is 6.92. The van der Waals surface area contributed by atoms with Gasteiger partial charge in [-0.25, -0.2) is 4.79 Å². The predicted molar refractivity (Wildman–Crippen MR) is 95.8 cm³/mol. The molecule has 3 N–H and O–H groups in total. The van der Waals surface area contributed by atoms with E-state index in [9.17, 15) is 28.0 Å². The van der Waals surface area contributed by atoms with Crippen LogP contribution in [0.3, 0.4) is 0 Å². The average Bonchev–Trinajstić information content (AvgIpc) is 2.56. The second kappa shape index (κ2) is 9.23. The quantitative estimate of drug-likeness (QED) is 0.585. The van der Waals surface area contributed by atoms with Crippen molar-refractivity contribution in [2.45, 2.75) is 32.5 Å². The monoisotopic (exact) mass is 398 g/mol. The molecule has 0 saturated heterocycles. The molecular formula is C18H21F3N4O3. The van der Waals surface area contributed by atoms with E-state index < -0.39 is 40.6 Å². The Balaban J connectivity index is 3.13. The number of alkyl halides is 3. The van der Waals surface area contributed by atoms with Crippen molar-refractivity contribution in [3.05, 3.63) is 41.6 Å². The van der Waals surface area contributed by atoms with Crippen LogP contribution >= 0.6 is 0 Å². The van der Waals surface area contributed by atoms with E-state index in [-0.39, 0.29) is 13.1 Å². The van der Waals surface area contributed by atoms with E-state index in [0.717, 1.165) is 23.2 Å². The maximum Gasteiger partial charge on any atom is 0.418 e. The van der Waals surface area contributed by atoms with Gasteiger partial charge in [0.05, 0.1) is 11.3 Å². The van der Waals surface area contributed by atoms with E-state index in [4.69, 9.17) is 10.5 Å². The van der Waals surface area contributed by atoms with Gasteiger partial charge in [0.1, 0.15) is 17.2 Å². The lowest BCUT2D eigenvalue weighted by molar-refractivity contribution is -0.137. The molecule has 28 heavy (non-hydrogen) atoms. The third-order valence-electron chi connectivity index (χ3n) is 3.13. The van der Waals surface area contributed by atoms with Crippen molar-refractivity contribution in [3.8, 4) is 6.07 Å². The van der Waals surface area contributed by atoms with E-state index in [1.807, 2.05) is 5.32 Å². The molecule has 0 aliphatic heterocycles. The van der Waals surface area contributed by atoms with Gasteiger partial charge >= 0.3 is 12.3 Å². The molecule has 0 saturated carbocycles. The highest BCUT2D eigenvalue weighted by Gasteiger charge is 2.34. The Bertz CT molecular complexity index is 792. The number of halogens is 3. The fourth-order valence-electron chi connectivity index (χ4n) is 1.99. The summed E-state index contributed by atoms with van der Waals surface area (Å²) >= 11 is 0. The molecule has 1 aromatic rings. The van der Waals surface area contributed by atoms with Gasteiger partial charge in [-0.15, -0.1) is 0 Å². The zero-order valence-corrected chi connectivity index (χ0v) is 15.6. The standard InChI is InChI=1S/C18H21F3N4O3/c1-17(2,3)28-16(27)25(9-8-22)11-12(10-23)15(26)24-14-7-5-4-6-13(14)18(19,20)21/h4-7,11H,8-9,22H2,1-3H3,(H,24,26)/b12-11-. The number of nitrogens with zero attached hydrogens (tertiary/aromatic N) is 2. The van der Waals surface area contributed by atoms with Crippen molar-refractivity contribution in [1.82, 2.24) is 4.90 Å². The lowest BCUT2D eigenvalue weighted by Crippen LogP contribution is -2.37. The number of hydrogen-bond acceptors (Lipinski definition) is 5. The van der Waals surface area contributed by atoms with E-state index in [1.165, 1.54) is 12.1 Å². The molecule has 0 aliphatic carbocycles. The van der Waals surface area contributed by atoms with Crippen LogP contribution in [-0.2, 0) is 15.7 Å². The van der Waals surface area contributed by atoms with Crippen molar-refractivity contribution in [2.24, 2.45) is 5.73 Å². The van der Waals surface area contributed by atoms with Crippen LogP contribution in [0.2, 0.25) is 0 Å². The molecule has 152 valence electrons. The lowest BCUT2D eigenvalue weighted by Gasteiger charge is -2.25. The number of para-hydroxylation sites is 1. The summed E-state index contributed by atoms with van der Waals surface area (Å²) < 4.78 is 44.3. The van der Waals surface area contributed by atoms with Gasteiger partial charge in [0.25, 0.3) is 5.91 Å². The minimum Gasteiger partial charge on any atom is -0.443 e. The van der Waals surface area contributed by atoms with Crippen molar-refractivity contribution in [2.75, 3.05) is 18.4 Å². The SMILES string of the molecule is CC(C)(C)OC(=O)N(/C=C(/C#N)C(=O)Nc1ccccc1C(F)(F)F)CCN. The Morgan fingerprint density at radius 3 is 2.39 bits per heavy atom. The number of anilines is 1. The minimum absolute atomic E-state index is 0.00692. The van der Waals surface area contributed by atoms with Crippen molar-refractivity contribution < 1.29 is 27.5 Å². The van der Waals surface area contributed by atoms with Gasteiger partial charge < -0.3 is 15.8 Å². The van der Waals surface area contributed by atoms with Gasteiger partial charge in [0.15, 0.2) is 0 Å². The first kappa shape index (κ1) is 23.0. The highest BCUT2D eigenvalue weighted by Crippen LogP contribution is 2.34. The van der Waals surface area contributed by atoms with Gasteiger partial charge in [-0.2, -0.15) is 18.4 Å². The second-order valence-electron chi connectivity index (χ2n) is 6.61. The summed E-state index contributed by atoms with van der Waals surface area (Å²) in [5.41, 5.74) is 2.43. The van der Waals surface area contributed by atoms with Crippen LogP contribution in [-0.4, -0.2) is 35.6 Å². The number of hydrogen-bond donors (Lipinski definition) is 2. The third-order valence-corrected chi connectivity index (χ3v) is 3.13. The maximum absolute atomic E-state index is 13.0. The zero-order valence-electron chi connectivity index (χ0n) is 15.6. The highest BCUT2D eigenvalue weighted by molar-refractivity contribution is 6.07. The Hall–Kier alpha value is -3.06. The zero-order chi connectivity index (χ0) is 21.5.